The summed E-state index contributed by atoms with van der Waals surface area (Å²) >= 11 is 0. The summed E-state index contributed by atoms with van der Waals surface area (Å²) in [5, 5.41) is 6.88. The molecule has 1 saturated carbocycles. The zero-order valence-corrected chi connectivity index (χ0v) is 16.8. The first-order valence-corrected chi connectivity index (χ1v) is 10.6. The number of nitrogens with one attached hydrogen (secondary N) is 2. The second kappa shape index (κ2) is 9.77. The van der Waals surface area contributed by atoms with Crippen LogP contribution in [0.1, 0.15) is 50.2 Å². The van der Waals surface area contributed by atoms with Gasteiger partial charge in [-0.2, -0.15) is 0 Å². The van der Waals surface area contributed by atoms with E-state index in [4.69, 9.17) is 4.99 Å². The van der Waals surface area contributed by atoms with Crippen LogP contribution in [0.5, 0.6) is 0 Å². The van der Waals surface area contributed by atoms with Crippen molar-refractivity contribution >= 4 is 11.9 Å². The van der Waals surface area contributed by atoms with Crippen molar-refractivity contribution in [3.8, 4) is 0 Å². The Balaban J connectivity index is 1.50. The van der Waals surface area contributed by atoms with E-state index in [0.29, 0.717) is 11.9 Å². The second-order valence-corrected chi connectivity index (χ2v) is 7.83. The van der Waals surface area contributed by atoms with Crippen LogP contribution in [0.4, 0.5) is 0 Å². The van der Waals surface area contributed by atoms with E-state index in [2.05, 4.69) is 53.6 Å². The lowest BCUT2D eigenvalue weighted by Crippen LogP contribution is -2.45. The number of aryl methyl sites for hydroxylation is 1. The van der Waals surface area contributed by atoms with E-state index in [0.717, 1.165) is 57.8 Å². The van der Waals surface area contributed by atoms with Gasteiger partial charge in [0.2, 0.25) is 5.91 Å². The summed E-state index contributed by atoms with van der Waals surface area (Å²) in [6, 6.07) is 8.79. The molecule has 1 aromatic rings. The molecule has 1 unspecified atom stereocenters. The predicted octanol–water partition coefficient (Wildman–Crippen LogP) is 2.88. The molecule has 1 aliphatic carbocycles. The van der Waals surface area contributed by atoms with E-state index in [1.54, 1.807) is 0 Å². The number of nitrogens with zero attached hydrogens (tertiary/aromatic N) is 2. The number of guanidine groups is 1. The van der Waals surface area contributed by atoms with Crippen molar-refractivity contribution in [3.63, 3.8) is 0 Å². The van der Waals surface area contributed by atoms with Crippen molar-refractivity contribution in [2.45, 2.75) is 58.4 Å². The zero-order chi connectivity index (χ0) is 19.1. The number of aliphatic imine (C=N–C) groups is 1. The smallest absolute Gasteiger partial charge is 0.225 e. The monoisotopic (exact) mass is 370 g/mol. The summed E-state index contributed by atoms with van der Waals surface area (Å²) in [4.78, 5) is 19.4. The molecule has 1 aliphatic heterocycles. The lowest BCUT2D eigenvalue weighted by molar-refractivity contribution is -0.134. The van der Waals surface area contributed by atoms with Gasteiger partial charge in [-0.1, -0.05) is 37.1 Å². The number of likely N-dealkylation sites (tertiary alicyclic amines) is 1. The molecule has 27 heavy (non-hydrogen) atoms. The summed E-state index contributed by atoms with van der Waals surface area (Å²) in [5.74, 6) is 1.52. The highest BCUT2D eigenvalue weighted by Crippen LogP contribution is 2.27. The van der Waals surface area contributed by atoms with Gasteiger partial charge in [0, 0.05) is 38.1 Å². The van der Waals surface area contributed by atoms with Crippen molar-refractivity contribution in [2.75, 3.05) is 26.2 Å². The van der Waals surface area contributed by atoms with E-state index in [9.17, 15) is 4.79 Å². The fourth-order valence-corrected chi connectivity index (χ4v) is 4.20. The molecule has 0 aromatic heterocycles. The first-order valence-electron chi connectivity index (χ1n) is 10.6. The maximum absolute atomic E-state index is 12.6. The zero-order valence-electron chi connectivity index (χ0n) is 16.8. The quantitative estimate of drug-likeness (QED) is 0.598. The fourth-order valence-electron chi connectivity index (χ4n) is 4.20. The summed E-state index contributed by atoms with van der Waals surface area (Å²) < 4.78 is 0. The molecule has 1 heterocycles. The van der Waals surface area contributed by atoms with Crippen molar-refractivity contribution in [1.29, 1.82) is 0 Å². The van der Waals surface area contributed by atoms with Crippen LogP contribution in [-0.2, 0) is 11.2 Å². The average molecular weight is 371 g/mol. The van der Waals surface area contributed by atoms with E-state index >= 15 is 0 Å². The summed E-state index contributed by atoms with van der Waals surface area (Å²) in [6.07, 6.45) is 6.53. The molecule has 5 heteroatoms. The van der Waals surface area contributed by atoms with E-state index in [1.165, 1.54) is 24.0 Å². The SMILES string of the molecule is CCNC(=NCCc1ccccc1C)NC1CCN(C(=O)C2CCCC2)C1. The molecule has 0 bridgehead atoms. The molecule has 0 radical (unpaired) electrons. The Hall–Kier alpha value is -2.04. The Morgan fingerprint density at radius 3 is 2.74 bits per heavy atom. The molecule has 1 saturated heterocycles. The molecule has 3 rings (SSSR count). The van der Waals surface area contributed by atoms with Crippen molar-refractivity contribution in [2.24, 2.45) is 10.9 Å². The number of rotatable bonds is 6. The molecule has 1 atom stereocenters. The molecular weight excluding hydrogens is 336 g/mol. The van der Waals surface area contributed by atoms with Crippen LogP contribution in [0, 0.1) is 12.8 Å². The summed E-state index contributed by atoms with van der Waals surface area (Å²) in [6.45, 7) is 7.51. The van der Waals surface area contributed by atoms with Gasteiger partial charge in [-0.25, -0.2) is 0 Å². The maximum atomic E-state index is 12.6. The average Bonchev–Trinajstić information content (AvgIpc) is 3.35. The molecular formula is C22H34N4O. The van der Waals surface area contributed by atoms with Crippen LogP contribution in [0.2, 0.25) is 0 Å². The molecule has 2 N–H and O–H groups in total. The minimum atomic E-state index is 0.278. The van der Waals surface area contributed by atoms with Crippen LogP contribution < -0.4 is 10.6 Å². The molecule has 2 fully saturated rings. The van der Waals surface area contributed by atoms with Crippen molar-refractivity contribution < 1.29 is 4.79 Å². The molecule has 2 aliphatic rings. The minimum Gasteiger partial charge on any atom is -0.357 e. The molecule has 1 aromatic carbocycles. The van der Waals surface area contributed by atoms with Gasteiger partial charge in [0.25, 0.3) is 0 Å². The van der Waals surface area contributed by atoms with Gasteiger partial charge in [0.05, 0.1) is 0 Å². The largest absolute Gasteiger partial charge is 0.357 e. The van der Waals surface area contributed by atoms with Crippen LogP contribution >= 0.6 is 0 Å². The first kappa shape index (κ1) is 19.7. The van der Waals surface area contributed by atoms with Crippen molar-refractivity contribution in [3.05, 3.63) is 35.4 Å². The fraction of sp³-hybridized carbons (Fsp3) is 0.636. The van der Waals surface area contributed by atoms with Crippen molar-refractivity contribution in [1.82, 2.24) is 15.5 Å². The normalized spacial score (nSPS) is 20.9. The Kier molecular flexibility index (Phi) is 7.13. The molecule has 1 amide bonds. The van der Waals surface area contributed by atoms with Gasteiger partial charge in [-0.05, 0) is 50.7 Å². The van der Waals surface area contributed by atoms with Gasteiger partial charge in [-0.15, -0.1) is 0 Å². The lowest BCUT2D eigenvalue weighted by Gasteiger charge is -2.21. The Morgan fingerprint density at radius 2 is 2.00 bits per heavy atom. The predicted molar refractivity (Wildman–Crippen MR) is 111 cm³/mol. The summed E-state index contributed by atoms with van der Waals surface area (Å²) in [5.41, 5.74) is 2.67. The lowest BCUT2D eigenvalue weighted by atomic mass is 10.1. The Labute approximate surface area is 163 Å². The minimum absolute atomic E-state index is 0.278. The number of hydrogen-bond donors (Lipinski definition) is 2. The third-order valence-corrected chi connectivity index (χ3v) is 5.80. The number of carbonyl (C=O) groups is 1. The van der Waals surface area contributed by atoms with Gasteiger partial charge in [0.1, 0.15) is 0 Å². The second-order valence-electron chi connectivity index (χ2n) is 7.83. The maximum Gasteiger partial charge on any atom is 0.225 e. The van der Waals surface area contributed by atoms with Gasteiger partial charge < -0.3 is 15.5 Å². The third-order valence-electron chi connectivity index (χ3n) is 5.80. The van der Waals surface area contributed by atoms with Crippen LogP contribution in [0.15, 0.2) is 29.3 Å². The third kappa shape index (κ3) is 5.47. The van der Waals surface area contributed by atoms with E-state index < -0.39 is 0 Å². The Bertz CT molecular complexity index is 651. The highest BCUT2D eigenvalue weighted by atomic mass is 16.2. The van der Waals surface area contributed by atoms with Crippen LogP contribution in [-0.4, -0.2) is 49.0 Å². The molecule has 0 spiro atoms. The number of carbonyl (C=O) groups excluding carboxylic acids is 1. The van der Waals surface area contributed by atoms with Gasteiger partial charge >= 0.3 is 0 Å². The van der Waals surface area contributed by atoms with Crippen LogP contribution in [0.25, 0.3) is 0 Å². The number of hydrogen-bond acceptors (Lipinski definition) is 2. The standard InChI is InChI=1S/C22H34N4O/c1-3-23-22(24-14-12-18-9-5-4-8-17(18)2)25-20-13-15-26(16-20)21(27)19-10-6-7-11-19/h4-5,8-9,19-20H,3,6-7,10-16H2,1-2H3,(H2,23,24,25). The molecule has 5 nitrogen and oxygen atoms in total. The van der Waals surface area contributed by atoms with E-state index in [-0.39, 0.29) is 5.92 Å². The first-order chi connectivity index (χ1) is 13.2. The molecule has 148 valence electrons. The van der Waals surface area contributed by atoms with Crippen LogP contribution in [0.3, 0.4) is 0 Å². The highest BCUT2D eigenvalue weighted by molar-refractivity contribution is 5.81. The topological polar surface area (TPSA) is 56.7 Å². The van der Waals surface area contributed by atoms with E-state index in [1.807, 2.05) is 0 Å². The number of benzene rings is 1. The van der Waals surface area contributed by atoms with Gasteiger partial charge in [0.15, 0.2) is 5.96 Å². The summed E-state index contributed by atoms with van der Waals surface area (Å²) in [7, 11) is 0. The Morgan fingerprint density at radius 1 is 1.22 bits per heavy atom. The number of amides is 1. The highest BCUT2D eigenvalue weighted by Gasteiger charge is 2.32. The van der Waals surface area contributed by atoms with Gasteiger partial charge in [-0.3, -0.25) is 9.79 Å².